The molecule has 5 nitrogen and oxygen atoms in total. The van der Waals surface area contributed by atoms with Crippen LogP contribution < -0.4 is 5.73 Å². The largest absolute Gasteiger partial charge is 0.399 e. The Kier molecular flexibility index (Phi) is 5.15. The molecular weight excluding hydrogens is 276 g/mol. The van der Waals surface area contributed by atoms with Crippen LogP contribution in [0, 0.1) is 0 Å². The number of nitrogens with zero attached hydrogens (tertiary/aromatic N) is 1. The molecule has 0 spiro atoms. The fourth-order valence-corrected chi connectivity index (χ4v) is 3.33. The van der Waals surface area contributed by atoms with Crippen LogP contribution in [0.25, 0.3) is 0 Å². The summed E-state index contributed by atoms with van der Waals surface area (Å²) in [6, 6.07) is 4.24. The molecule has 18 heavy (non-hydrogen) atoms. The monoisotopic (exact) mass is 290 g/mol. The minimum atomic E-state index is -3.79. The minimum absolute atomic E-state index is 0.0283. The second kappa shape index (κ2) is 6.19. The molecule has 3 N–H and O–H groups in total. The lowest BCUT2D eigenvalue weighted by Crippen LogP contribution is -2.34. The third kappa shape index (κ3) is 3.23. The van der Waals surface area contributed by atoms with Gasteiger partial charge in [0.1, 0.15) is 4.90 Å². The summed E-state index contributed by atoms with van der Waals surface area (Å²) < 4.78 is 25.7. The lowest BCUT2D eigenvalue weighted by Gasteiger charge is -2.20. The maximum Gasteiger partial charge on any atom is 0.244 e. The molecule has 0 fully saturated rings. The first-order valence-electron chi connectivity index (χ1n) is 5.20. The maximum atomic E-state index is 12.3. The first-order chi connectivity index (χ1) is 8.43. The molecular formula is C11H15ClN2O3S. The topological polar surface area (TPSA) is 83.6 Å². The molecule has 0 aliphatic heterocycles. The van der Waals surface area contributed by atoms with Crippen molar-refractivity contribution in [1.29, 1.82) is 0 Å². The number of aliphatic hydroxyl groups is 1. The van der Waals surface area contributed by atoms with Crippen molar-refractivity contribution in [2.24, 2.45) is 0 Å². The van der Waals surface area contributed by atoms with E-state index in [4.69, 9.17) is 22.4 Å². The SMILES string of the molecule is C=CCN(CCO)S(=O)(=O)c1cc(N)ccc1Cl. The van der Waals surface area contributed by atoms with Crippen molar-refractivity contribution >= 4 is 27.3 Å². The number of rotatable bonds is 6. The van der Waals surface area contributed by atoms with E-state index in [-0.39, 0.29) is 29.6 Å². The first-order valence-corrected chi connectivity index (χ1v) is 7.02. The summed E-state index contributed by atoms with van der Waals surface area (Å²) in [5.41, 5.74) is 5.87. The van der Waals surface area contributed by atoms with Gasteiger partial charge >= 0.3 is 0 Å². The van der Waals surface area contributed by atoms with E-state index >= 15 is 0 Å². The molecule has 1 rings (SSSR count). The third-order valence-corrected chi connectivity index (χ3v) is 4.60. The highest BCUT2D eigenvalue weighted by molar-refractivity contribution is 7.89. The summed E-state index contributed by atoms with van der Waals surface area (Å²) in [5, 5.41) is 8.99. The van der Waals surface area contributed by atoms with Crippen LogP contribution in [-0.4, -0.2) is 37.5 Å². The molecule has 0 atom stereocenters. The van der Waals surface area contributed by atoms with E-state index in [1.807, 2.05) is 0 Å². The van der Waals surface area contributed by atoms with Gasteiger partial charge in [-0.05, 0) is 18.2 Å². The molecule has 100 valence electrons. The van der Waals surface area contributed by atoms with Gasteiger partial charge < -0.3 is 10.8 Å². The zero-order chi connectivity index (χ0) is 13.8. The molecule has 0 radical (unpaired) electrons. The third-order valence-electron chi connectivity index (χ3n) is 2.26. The molecule has 1 aromatic rings. The highest BCUT2D eigenvalue weighted by Crippen LogP contribution is 2.26. The van der Waals surface area contributed by atoms with Crippen LogP contribution in [0.4, 0.5) is 5.69 Å². The summed E-state index contributed by atoms with van der Waals surface area (Å²) in [4.78, 5) is -0.0699. The zero-order valence-electron chi connectivity index (χ0n) is 9.71. The van der Waals surface area contributed by atoms with E-state index in [9.17, 15) is 8.42 Å². The molecule has 0 aliphatic carbocycles. The number of nitrogens with two attached hydrogens (primary N) is 1. The van der Waals surface area contributed by atoms with Gasteiger partial charge in [0.2, 0.25) is 10.0 Å². The van der Waals surface area contributed by atoms with Crippen molar-refractivity contribution < 1.29 is 13.5 Å². The first kappa shape index (κ1) is 15.0. The van der Waals surface area contributed by atoms with Gasteiger partial charge in [-0.2, -0.15) is 4.31 Å². The molecule has 1 aromatic carbocycles. The second-order valence-corrected chi connectivity index (χ2v) is 5.88. The van der Waals surface area contributed by atoms with Crippen LogP contribution in [0.1, 0.15) is 0 Å². The number of nitrogen functional groups attached to an aromatic ring is 1. The quantitative estimate of drug-likeness (QED) is 0.607. The van der Waals surface area contributed by atoms with Crippen molar-refractivity contribution in [3.8, 4) is 0 Å². The number of aliphatic hydroxyl groups excluding tert-OH is 1. The highest BCUT2D eigenvalue weighted by Gasteiger charge is 2.25. The standard InChI is InChI=1S/C11H15ClN2O3S/c1-2-5-14(6-7-15)18(16,17)11-8-9(13)3-4-10(11)12/h2-4,8,15H,1,5-7,13H2. The Bertz CT molecular complexity index is 531. The Morgan fingerprint density at radius 2 is 2.17 bits per heavy atom. The normalized spacial score (nSPS) is 11.7. The van der Waals surface area contributed by atoms with Gasteiger partial charge in [0.05, 0.1) is 11.6 Å². The zero-order valence-corrected chi connectivity index (χ0v) is 11.3. The smallest absolute Gasteiger partial charge is 0.244 e. The number of hydrogen-bond donors (Lipinski definition) is 2. The summed E-state index contributed by atoms with van der Waals surface area (Å²) in [6.45, 7) is 3.26. The summed E-state index contributed by atoms with van der Waals surface area (Å²) >= 11 is 5.88. The summed E-state index contributed by atoms with van der Waals surface area (Å²) in [7, 11) is -3.79. The molecule has 0 aliphatic rings. The van der Waals surface area contributed by atoms with E-state index in [0.29, 0.717) is 5.69 Å². The molecule has 0 saturated carbocycles. The molecule has 0 heterocycles. The van der Waals surface area contributed by atoms with Crippen LogP contribution in [0.3, 0.4) is 0 Å². The van der Waals surface area contributed by atoms with E-state index in [1.165, 1.54) is 24.3 Å². The number of halogens is 1. The Balaban J connectivity index is 3.25. The van der Waals surface area contributed by atoms with Crippen molar-refractivity contribution in [1.82, 2.24) is 4.31 Å². The van der Waals surface area contributed by atoms with Crippen molar-refractivity contribution in [2.45, 2.75) is 4.90 Å². The van der Waals surface area contributed by atoms with Gasteiger partial charge in [-0.25, -0.2) is 8.42 Å². The van der Waals surface area contributed by atoms with Crippen LogP contribution in [0.15, 0.2) is 35.7 Å². The van der Waals surface area contributed by atoms with Crippen molar-refractivity contribution in [3.63, 3.8) is 0 Å². The second-order valence-electron chi connectivity index (χ2n) is 3.57. The van der Waals surface area contributed by atoms with E-state index in [1.54, 1.807) is 0 Å². The van der Waals surface area contributed by atoms with Gasteiger partial charge in [0.15, 0.2) is 0 Å². The van der Waals surface area contributed by atoms with E-state index < -0.39 is 10.0 Å². The Morgan fingerprint density at radius 3 is 2.72 bits per heavy atom. The van der Waals surface area contributed by atoms with Crippen molar-refractivity contribution in [2.75, 3.05) is 25.4 Å². The summed E-state index contributed by atoms with van der Waals surface area (Å²) in [5.74, 6) is 0. The fraction of sp³-hybridized carbons (Fsp3) is 0.273. The van der Waals surface area contributed by atoms with Gasteiger partial charge in [0, 0.05) is 18.8 Å². The maximum absolute atomic E-state index is 12.3. The molecule has 0 aromatic heterocycles. The molecule has 0 bridgehead atoms. The van der Waals surface area contributed by atoms with Crippen molar-refractivity contribution in [3.05, 3.63) is 35.9 Å². The van der Waals surface area contributed by atoms with Crippen LogP contribution in [-0.2, 0) is 10.0 Å². The number of benzene rings is 1. The van der Waals surface area contributed by atoms with Gasteiger partial charge in [0.25, 0.3) is 0 Å². The van der Waals surface area contributed by atoms with Crippen LogP contribution in [0.5, 0.6) is 0 Å². The van der Waals surface area contributed by atoms with Gasteiger partial charge in [-0.3, -0.25) is 0 Å². The van der Waals surface area contributed by atoms with Gasteiger partial charge in [-0.1, -0.05) is 17.7 Å². The molecule has 0 amide bonds. The predicted octanol–water partition coefficient (Wildman–Crippen LogP) is 1.09. The van der Waals surface area contributed by atoms with Crippen LogP contribution >= 0.6 is 11.6 Å². The lowest BCUT2D eigenvalue weighted by atomic mass is 10.3. The Morgan fingerprint density at radius 1 is 1.50 bits per heavy atom. The predicted molar refractivity (Wildman–Crippen MR) is 71.9 cm³/mol. The molecule has 7 heteroatoms. The van der Waals surface area contributed by atoms with Crippen LogP contribution in [0.2, 0.25) is 5.02 Å². The van der Waals surface area contributed by atoms with E-state index in [2.05, 4.69) is 6.58 Å². The number of sulfonamides is 1. The number of hydrogen-bond acceptors (Lipinski definition) is 4. The molecule has 0 saturated heterocycles. The fourth-order valence-electron chi connectivity index (χ4n) is 1.42. The number of anilines is 1. The summed E-state index contributed by atoms with van der Waals surface area (Å²) in [6.07, 6.45) is 1.44. The lowest BCUT2D eigenvalue weighted by molar-refractivity contribution is 0.260. The minimum Gasteiger partial charge on any atom is -0.399 e. The van der Waals surface area contributed by atoms with Gasteiger partial charge in [-0.15, -0.1) is 6.58 Å². The molecule has 0 unspecified atom stereocenters. The van der Waals surface area contributed by atoms with E-state index in [0.717, 1.165) is 4.31 Å². The Labute approximate surface area is 112 Å². The average molecular weight is 291 g/mol. The average Bonchev–Trinajstić information content (AvgIpc) is 2.32. The highest BCUT2D eigenvalue weighted by atomic mass is 35.5. The Hall–Kier alpha value is -1.08.